The number of halogens is 1. The van der Waals surface area contributed by atoms with Gasteiger partial charge in [0.25, 0.3) is 5.69 Å². The zero-order chi connectivity index (χ0) is 13.1. The summed E-state index contributed by atoms with van der Waals surface area (Å²) >= 11 is 5.07. The lowest BCUT2D eigenvalue weighted by Gasteiger charge is -2.07. The van der Waals surface area contributed by atoms with Crippen LogP contribution in [0.5, 0.6) is 0 Å². The smallest absolute Gasteiger partial charge is 0.269 e. The maximum absolute atomic E-state index is 10.6. The van der Waals surface area contributed by atoms with E-state index in [2.05, 4.69) is 27.3 Å². The van der Waals surface area contributed by atoms with Gasteiger partial charge in [-0.2, -0.15) is 0 Å². The fraction of sp³-hybridized carbons (Fsp3) is 0.167. The van der Waals surface area contributed by atoms with Gasteiger partial charge in [0.1, 0.15) is 0 Å². The Bertz CT molecular complexity index is 583. The molecular formula is C12H11BrN2O2S. The number of thiophene rings is 1. The normalized spacial score (nSPS) is 10.3. The summed E-state index contributed by atoms with van der Waals surface area (Å²) in [5, 5.41) is 15.9. The molecule has 1 N–H and O–H groups in total. The molecule has 0 bridgehead atoms. The molecule has 4 nitrogen and oxygen atoms in total. The van der Waals surface area contributed by atoms with E-state index in [1.807, 2.05) is 12.3 Å². The molecule has 1 heterocycles. The standard InChI is InChI=1S/C12H11BrN2O2S/c1-8-4-10(15(16)17)2-3-12(8)14-6-11-5-9(13)7-18-11/h2-5,7,14H,6H2,1H3. The molecule has 6 heteroatoms. The van der Waals surface area contributed by atoms with E-state index in [1.54, 1.807) is 23.5 Å². The van der Waals surface area contributed by atoms with Crippen molar-refractivity contribution >= 4 is 38.6 Å². The first-order valence-corrected chi connectivity index (χ1v) is 6.95. The number of nitrogens with one attached hydrogen (secondary N) is 1. The van der Waals surface area contributed by atoms with Gasteiger partial charge >= 0.3 is 0 Å². The van der Waals surface area contributed by atoms with E-state index in [4.69, 9.17) is 0 Å². The Hall–Kier alpha value is -1.40. The lowest BCUT2D eigenvalue weighted by Crippen LogP contribution is -2.00. The molecule has 1 aromatic carbocycles. The summed E-state index contributed by atoms with van der Waals surface area (Å²) in [5.41, 5.74) is 1.92. The molecule has 94 valence electrons. The minimum absolute atomic E-state index is 0.122. The van der Waals surface area contributed by atoms with Crippen LogP contribution in [-0.2, 0) is 6.54 Å². The van der Waals surface area contributed by atoms with Gasteiger partial charge in [0.15, 0.2) is 0 Å². The molecule has 18 heavy (non-hydrogen) atoms. The fourth-order valence-corrected chi connectivity index (χ4v) is 2.98. The Morgan fingerprint density at radius 1 is 1.44 bits per heavy atom. The number of hydrogen-bond donors (Lipinski definition) is 1. The third-order valence-electron chi connectivity index (χ3n) is 2.50. The molecule has 0 unspecified atom stereocenters. The van der Waals surface area contributed by atoms with Gasteiger partial charge < -0.3 is 5.32 Å². The van der Waals surface area contributed by atoms with Crippen molar-refractivity contribution in [3.63, 3.8) is 0 Å². The maximum atomic E-state index is 10.6. The Morgan fingerprint density at radius 2 is 2.22 bits per heavy atom. The van der Waals surface area contributed by atoms with Gasteiger partial charge in [-0.3, -0.25) is 10.1 Å². The third kappa shape index (κ3) is 3.08. The van der Waals surface area contributed by atoms with Crippen LogP contribution in [0.2, 0.25) is 0 Å². The number of aryl methyl sites for hydroxylation is 1. The molecule has 0 aliphatic heterocycles. The summed E-state index contributed by atoms with van der Waals surface area (Å²) in [6.07, 6.45) is 0. The van der Waals surface area contributed by atoms with E-state index in [-0.39, 0.29) is 10.6 Å². The quantitative estimate of drug-likeness (QED) is 0.671. The van der Waals surface area contributed by atoms with Crippen molar-refractivity contribution in [2.24, 2.45) is 0 Å². The van der Waals surface area contributed by atoms with Crippen molar-refractivity contribution in [1.29, 1.82) is 0 Å². The predicted molar refractivity (Wildman–Crippen MR) is 77.2 cm³/mol. The van der Waals surface area contributed by atoms with Crippen LogP contribution in [0.3, 0.4) is 0 Å². The van der Waals surface area contributed by atoms with E-state index in [1.165, 1.54) is 10.9 Å². The summed E-state index contributed by atoms with van der Waals surface area (Å²) in [7, 11) is 0. The number of nitro benzene ring substituents is 1. The van der Waals surface area contributed by atoms with Crippen molar-refractivity contribution in [2.75, 3.05) is 5.32 Å². The predicted octanol–water partition coefficient (Wildman–Crippen LogP) is 4.34. The molecule has 1 aromatic heterocycles. The van der Waals surface area contributed by atoms with Gasteiger partial charge in [-0.15, -0.1) is 11.3 Å². The highest BCUT2D eigenvalue weighted by Gasteiger charge is 2.07. The number of nitro groups is 1. The SMILES string of the molecule is Cc1cc([N+](=O)[O-])ccc1NCc1cc(Br)cs1. The van der Waals surface area contributed by atoms with Crippen LogP contribution in [0.25, 0.3) is 0 Å². The van der Waals surface area contributed by atoms with E-state index in [0.717, 1.165) is 22.3 Å². The molecule has 0 radical (unpaired) electrons. The lowest BCUT2D eigenvalue weighted by atomic mass is 10.2. The Kier molecular flexibility index (Phi) is 3.98. The van der Waals surface area contributed by atoms with E-state index < -0.39 is 0 Å². The van der Waals surface area contributed by atoms with Gasteiger partial charge in [-0.1, -0.05) is 0 Å². The zero-order valence-corrected chi connectivity index (χ0v) is 12.0. The third-order valence-corrected chi connectivity index (χ3v) is 4.19. The summed E-state index contributed by atoms with van der Waals surface area (Å²) in [5.74, 6) is 0. The first-order chi connectivity index (χ1) is 8.56. The Balaban J connectivity index is 2.08. The molecule has 2 rings (SSSR count). The number of nitrogens with zero attached hydrogens (tertiary/aromatic N) is 1. The average Bonchev–Trinajstić information content (AvgIpc) is 2.73. The van der Waals surface area contributed by atoms with Crippen molar-refractivity contribution in [2.45, 2.75) is 13.5 Å². The van der Waals surface area contributed by atoms with E-state index in [0.29, 0.717) is 0 Å². The van der Waals surface area contributed by atoms with Crippen LogP contribution in [0.4, 0.5) is 11.4 Å². The van der Waals surface area contributed by atoms with Gasteiger partial charge in [0.2, 0.25) is 0 Å². The van der Waals surface area contributed by atoms with Crippen LogP contribution in [0, 0.1) is 17.0 Å². The molecule has 0 saturated heterocycles. The molecule has 0 amide bonds. The number of non-ortho nitro benzene ring substituents is 1. The molecule has 0 fully saturated rings. The first-order valence-electron chi connectivity index (χ1n) is 5.28. The highest BCUT2D eigenvalue weighted by molar-refractivity contribution is 9.10. The van der Waals surface area contributed by atoms with Crippen LogP contribution < -0.4 is 5.32 Å². The van der Waals surface area contributed by atoms with Crippen molar-refractivity contribution < 1.29 is 4.92 Å². The summed E-state index contributed by atoms with van der Waals surface area (Å²) < 4.78 is 1.07. The minimum atomic E-state index is -0.382. The second-order valence-electron chi connectivity index (χ2n) is 3.84. The molecule has 2 aromatic rings. The summed E-state index contributed by atoms with van der Waals surface area (Å²) in [6, 6.07) is 6.89. The second-order valence-corrected chi connectivity index (χ2v) is 5.75. The van der Waals surface area contributed by atoms with Crippen LogP contribution in [0.15, 0.2) is 34.1 Å². The number of hydrogen-bond acceptors (Lipinski definition) is 4. The number of rotatable bonds is 4. The molecule has 0 aliphatic carbocycles. The topological polar surface area (TPSA) is 55.2 Å². The molecule has 0 aliphatic rings. The Morgan fingerprint density at radius 3 is 2.78 bits per heavy atom. The van der Waals surface area contributed by atoms with Gasteiger partial charge in [-0.25, -0.2) is 0 Å². The lowest BCUT2D eigenvalue weighted by molar-refractivity contribution is -0.384. The van der Waals surface area contributed by atoms with Crippen LogP contribution >= 0.6 is 27.3 Å². The monoisotopic (exact) mass is 326 g/mol. The maximum Gasteiger partial charge on any atom is 0.269 e. The first kappa shape index (κ1) is 13.0. The zero-order valence-electron chi connectivity index (χ0n) is 9.64. The average molecular weight is 327 g/mol. The highest BCUT2D eigenvalue weighted by atomic mass is 79.9. The largest absolute Gasteiger partial charge is 0.380 e. The Labute approximate surface area is 117 Å². The van der Waals surface area contributed by atoms with Gasteiger partial charge in [0, 0.05) is 39.1 Å². The highest BCUT2D eigenvalue weighted by Crippen LogP contribution is 2.24. The van der Waals surface area contributed by atoms with Crippen LogP contribution in [-0.4, -0.2) is 4.92 Å². The van der Waals surface area contributed by atoms with Gasteiger partial charge in [0.05, 0.1) is 4.92 Å². The molecule has 0 atom stereocenters. The summed E-state index contributed by atoms with van der Waals surface area (Å²) in [6.45, 7) is 2.58. The summed E-state index contributed by atoms with van der Waals surface area (Å²) in [4.78, 5) is 11.5. The number of anilines is 1. The van der Waals surface area contributed by atoms with Gasteiger partial charge in [-0.05, 0) is 40.5 Å². The molecule has 0 saturated carbocycles. The van der Waals surface area contributed by atoms with Crippen LogP contribution in [0.1, 0.15) is 10.4 Å². The van der Waals surface area contributed by atoms with E-state index >= 15 is 0 Å². The fourth-order valence-electron chi connectivity index (χ4n) is 1.59. The molecule has 0 spiro atoms. The number of benzene rings is 1. The van der Waals surface area contributed by atoms with E-state index in [9.17, 15) is 10.1 Å². The second kappa shape index (κ2) is 5.49. The van der Waals surface area contributed by atoms with Crippen molar-refractivity contribution in [1.82, 2.24) is 0 Å². The molecular weight excluding hydrogens is 316 g/mol. The minimum Gasteiger partial charge on any atom is -0.380 e. The van der Waals surface area contributed by atoms with Crippen molar-refractivity contribution in [3.05, 3.63) is 54.7 Å². The van der Waals surface area contributed by atoms with Crippen molar-refractivity contribution in [3.8, 4) is 0 Å².